The molecule has 26 heavy (non-hydrogen) atoms. The van der Waals surface area contributed by atoms with Crippen molar-refractivity contribution in [1.29, 1.82) is 0 Å². The second-order valence-corrected chi connectivity index (χ2v) is 6.35. The third-order valence-corrected chi connectivity index (χ3v) is 4.51. The van der Waals surface area contributed by atoms with Gasteiger partial charge in [0.05, 0.1) is 7.11 Å². The van der Waals surface area contributed by atoms with Crippen LogP contribution in [0.15, 0.2) is 71.8 Å². The van der Waals surface area contributed by atoms with Crippen molar-refractivity contribution in [1.82, 2.24) is 5.32 Å². The lowest BCUT2D eigenvalue weighted by Crippen LogP contribution is -2.10. The molecule has 0 unspecified atom stereocenters. The molecule has 1 N–H and O–H groups in total. The molecule has 0 fully saturated rings. The molecule has 3 heteroatoms. The largest absolute Gasteiger partial charge is 0.497 e. The Morgan fingerprint density at radius 1 is 1.15 bits per heavy atom. The molecule has 0 aliphatic heterocycles. The molecule has 134 valence electrons. The molecule has 0 saturated carbocycles. The molecule has 2 aromatic rings. The number of rotatable bonds is 6. The summed E-state index contributed by atoms with van der Waals surface area (Å²) in [6, 6.07) is 14.8. The summed E-state index contributed by atoms with van der Waals surface area (Å²) in [5.74, 6) is 0.642. The van der Waals surface area contributed by atoms with Gasteiger partial charge in [-0.05, 0) is 78.5 Å². The summed E-state index contributed by atoms with van der Waals surface area (Å²) in [5.41, 5.74) is 5.93. The molecule has 2 aromatic carbocycles. The first kappa shape index (κ1) is 18.2. The molecule has 0 bridgehead atoms. The molecule has 0 saturated heterocycles. The summed E-state index contributed by atoms with van der Waals surface area (Å²) in [5, 5.41) is 3.22. The van der Waals surface area contributed by atoms with Crippen molar-refractivity contribution in [2.24, 2.45) is 0 Å². The SMILES string of the molecule is CNCCC1=CC/C(=C\c2ccc(F)cc2)C=C1c1cccc(OC)c1. The second kappa shape index (κ2) is 8.63. The molecule has 0 atom stereocenters. The fraction of sp³-hybridized carbons (Fsp3) is 0.217. The zero-order chi connectivity index (χ0) is 18.4. The van der Waals surface area contributed by atoms with Gasteiger partial charge in [0.15, 0.2) is 0 Å². The highest BCUT2D eigenvalue weighted by Crippen LogP contribution is 2.34. The Labute approximate surface area is 154 Å². The van der Waals surface area contributed by atoms with E-state index in [0.29, 0.717) is 0 Å². The van der Waals surface area contributed by atoms with Crippen LogP contribution in [0.1, 0.15) is 24.0 Å². The van der Waals surface area contributed by atoms with Crippen molar-refractivity contribution in [2.45, 2.75) is 12.8 Å². The lowest BCUT2D eigenvalue weighted by atomic mass is 9.87. The smallest absolute Gasteiger partial charge is 0.123 e. The number of hydrogen-bond donors (Lipinski definition) is 1. The highest BCUT2D eigenvalue weighted by Gasteiger charge is 2.14. The first-order valence-corrected chi connectivity index (χ1v) is 8.86. The first-order valence-electron chi connectivity index (χ1n) is 8.86. The van der Waals surface area contributed by atoms with Crippen molar-refractivity contribution >= 4 is 11.6 Å². The molecular weight excluding hydrogens is 325 g/mol. The third-order valence-electron chi connectivity index (χ3n) is 4.51. The number of benzene rings is 2. The maximum Gasteiger partial charge on any atom is 0.123 e. The van der Waals surface area contributed by atoms with Crippen molar-refractivity contribution in [3.63, 3.8) is 0 Å². The van der Waals surface area contributed by atoms with Crippen molar-refractivity contribution < 1.29 is 9.13 Å². The van der Waals surface area contributed by atoms with Gasteiger partial charge in [0.2, 0.25) is 0 Å². The van der Waals surface area contributed by atoms with Crippen LogP contribution in [-0.4, -0.2) is 20.7 Å². The molecule has 2 nitrogen and oxygen atoms in total. The fourth-order valence-electron chi connectivity index (χ4n) is 3.12. The lowest BCUT2D eigenvalue weighted by Gasteiger charge is -2.19. The summed E-state index contributed by atoms with van der Waals surface area (Å²) in [6.45, 7) is 0.935. The van der Waals surface area contributed by atoms with E-state index in [1.54, 1.807) is 7.11 Å². The number of methoxy groups -OCH3 is 1. The summed E-state index contributed by atoms with van der Waals surface area (Å²) in [4.78, 5) is 0. The monoisotopic (exact) mass is 349 g/mol. The molecule has 0 amide bonds. The Bertz CT molecular complexity index is 847. The van der Waals surface area contributed by atoms with Gasteiger partial charge in [0, 0.05) is 0 Å². The van der Waals surface area contributed by atoms with Gasteiger partial charge in [-0.25, -0.2) is 4.39 Å². The number of halogens is 1. The standard InChI is InChI=1S/C23H24FNO/c1-25-13-12-19-9-6-18(14-17-7-10-21(24)11-8-17)15-23(19)20-4-3-5-22(16-20)26-2/h3-5,7-11,14-16,25H,6,12-13H2,1-2H3/b18-14+. The van der Waals surface area contributed by atoms with Gasteiger partial charge in [0.1, 0.15) is 11.6 Å². The first-order chi connectivity index (χ1) is 12.7. The highest BCUT2D eigenvalue weighted by molar-refractivity contribution is 5.84. The van der Waals surface area contributed by atoms with E-state index in [4.69, 9.17) is 4.74 Å². The van der Waals surface area contributed by atoms with Gasteiger partial charge in [-0.3, -0.25) is 0 Å². The Balaban J connectivity index is 1.96. The molecule has 3 rings (SSSR count). The summed E-state index contributed by atoms with van der Waals surface area (Å²) in [6.07, 6.45) is 8.50. The Hall–Kier alpha value is -2.65. The van der Waals surface area contributed by atoms with Gasteiger partial charge in [0.25, 0.3) is 0 Å². The van der Waals surface area contributed by atoms with Gasteiger partial charge in [-0.15, -0.1) is 0 Å². The van der Waals surface area contributed by atoms with Crippen LogP contribution in [0.3, 0.4) is 0 Å². The third kappa shape index (κ3) is 4.50. The number of allylic oxidation sites excluding steroid dienone is 4. The van der Waals surface area contributed by atoms with E-state index in [-0.39, 0.29) is 5.82 Å². The minimum absolute atomic E-state index is 0.211. The average Bonchev–Trinajstić information content (AvgIpc) is 2.68. The predicted molar refractivity (Wildman–Crippen MR) is 107 cm³/mol. The van der Waals surface area contributed by atoms with Crippen LogP contribution in [-0.2, 0) is 0 Å². The van der Waals surface area contributed by atoms with Crippen LogP contribution in [0.5, 0.6) is 5.75 Å². The molecular formula is C23H24FNO. The van der Waals surface area contributed by atoms with Crippen LogP contribution in [0.2, 0.25) is 0 Å². The second-order valence-electron chi connectivity index (χ2n) is 6.35. The Kier molecular flexibility index (Phi) is 6.03. The molecule has 0 heterocycles. The van der Waals surface area contributed by atoms with Crippen molar-refractivity contribution in [2.75, 3.05) is 20.7 Å². The molecule has 0 aromatic heterocycles. The fourth-order valence-corrected chi connectivity index (χ4v) is 3.12. The van der Waals surface area contributed by atoms with Gasteiger partial charge < -0.3 is 10.1 Å². The van der Waals surface area contributed by atoms with E-state index in [1.807, 2.05) is 31.3 Å². The average molecular weight is 349 g/mol. The zero-order valence-electron chi connectivity index (χ0n) is 15.3. The van der Waals surface area contributed by atoms with Crippen LogP contribution >= 0.6 is 0 Å². The van der Waals surface area contributed by atoms with E-state index in [0.717, 1.165) is 36.3 Å². The minimum atomic E-state index is -0.211. The number of ether oxygens (including phenoxy) is 1. The maximum absolute atomic E-state index is 13.1. The normalized spacial score (nSPS) is 15.6. The molecule has 1 aliphatic rings. The van der Waals surface area contributed by atoms with E-state index >= 15 is 0 Å². The quantitative estimate of drug-likeness (QED) is 0.770. The van der Waals surface area contributed by atoms with E-state index in [1.165, 1.54) is 28.9 Å². The maximum atomic E-state index is 13.1. The Morgan fingerprint density at radius 3 is 2.69 bits per heavy atom. The van der Waals surface area contributed by atoms with E-state index in [2.05, 4.69) is 35.7 Å². The molecule has 0 radical (unpaired) electrons. The van der Waals surface area contributed by atoms with Crippen LogP contribution in [0.25, 0.3) is 11.6 Å². The van der Waals surface area contributed by atoms with Crippen LogP contribution in [0.4, 0.5) is 4.39 Å². The van der Waals surface area contributed by atoms with E-state index in [9.17, 15) is 4.39 Å². The van der Waals surface area contributed by atoms with Crippen LogP contribution in [0, 0.1) is 5.82 Å². The van der Waals surface area contributed by atoms with Gasteiger partial charge in [-0.2, -0.15) is 0 Å². The lowest BCUT2D eigenvalue weighted by molar-refractivity contribution is 0.414. The minimum Gasteiger partial charge on any atom is -0.497 e. The Morgan fingerprint density at radius 2 is 1.96 bits per heavy atom. The zero-order valence-corrected chi connectivity index (χ0v) is 15.3. The summed E-state index contributed by atoms with van der Waals surface area (Å²) >= 11 is 0. The topological polar surface area (TPSA) is 21.3 Å². The van der Waals surface area contributed by atoms with Crippen molar-refractivity contribution in [3.8, 4) is 5.75 Å². The van der Waals surface area contributed by atoms with Crippen LogP contribution < -0.4 is 10.1 Å². The van der Waals surface area contributed by atoms with Gasteiger partial charge >= 0.3 is 0 Å². The highest BCUT2D eigenvalue weighted by atomic mass is 19.1. The van der Waals surface area contributed by atoms with Gasteiger partial charge in [-0.1, -0.05) is 42.5 Å². The predicted octanol–water partition coefficient (Wildman–Crippen LogP) is 5.24. The summed E-state index contributed by atoms with van der Waals surface area (Å²) in [7, 11) is 3.66. The van der Waals surface area contributed by atoms with Crippen molar-refractivity contribution in [3.05, 3.63) is 88.8 Å². The number of nitrogens with one attached hydrogen (secondary N) is 1. The summed E-state index contributed by atoms with van der Waals surface area (Å²) < 4.78 is 18.5. The number of hydrogen-bond acceptors (Lipinski definition) is 2. The molecule has 0 spiro atoms. The van der Waals surface area contributed by atoms with E-state index < -0.39 is 0 Å². The molecule has 1 aliphatic carbocycles.